The summed E-state index contributed by atoms with van der Waals surface area (Å²) in [5.41, 5.74) is 0. The Balaban J connectivity index is 1.83. The minimum absolute atomic E-state index is 0.0943. The number of carbonyl (C=O) groups is 1. The fourth-order valence-corrected chi connectivity index (χ4v) is 2.33. The molecule has 0 amide bonds. The molecule has 1 saturated heterocycles. The first-order chi connectivity index (χ1) is 7.25. The summed E-state index contributed by atoms with van der Waals surface area (Å²) in [5, 5.41) is 8.81. The summed E-state index contributed by atoms with van der Waals surface area (Å²) in [4.78, 5) is 13.0. The monoisotopic (exact) mass is 213 g/mol. The van der Waals surface area contributed by atoms with Gasteiger partial charge in [0.1, 0.15) is 0 Å². The number of ether oxygens (including phenoxy) is 1. The first-order valence-electron chi connectivity index (χ1n) is 5.79. The average molecular weight is 213 g/mol. The number of rotatable bonds is 4. The molecule has 0 aromatic heterocycles. The van der Waals surface area contributed by atoms with Gasteiger partial charge < -0.3 is 9.84 Å². The van der Waals surface area contributed by atoms with Gasteiger partial charge in [-0.25, -0.2) is 0 Å². The lowest BCUT2D eigenvalue weighted by molar-refractivity contribution is -0.140. The van der Waals surface area contributed by atoms with Gasteiger partial charge in [-0.2, -0.15) is 0 Å². The molecule has 2 rings (SSSR count). The Morgan fingerprint density at radius 2 is 2.27 bits per heavy atom. The van der Waals surface area contributed by atoms with Crippen LogP contribution in [0.2, 0.25) is 0 Å². The Labute approximate surface area is 90.2 Å². The van der Waals surface area contributed by atoms with E-state index < -0.39 is 5.97 Å². The van der Waals surface area contributed by atoms with Crippen molar-refractivity contribution in [2.45, 2.75) is 31.7 Å². The van der Waals surface area contributed by atoms with Crippen molar-refractivity contribution in [3.05, 3.63) is 0 Å². The molecular weight excluding hydrogens is 194 g/mol. The molecule has 0 aromatic carbocycles. The summed E-state index contributed by atoms with van der Waals surface area (Å²) < 4.78 is 5.34. The van der Waals surface area contributed by atoms with Gasteiger partial charge in [-0.1, -0.05) is 6.42 Å². The molecule has 2 fully saturated rings. The van der Waals surface area contributed by atoms with Crippen molar-refractivity contribution in [2.24, 2.45) is 5.92 Å². The predicted molar refractivity (Wildman–Crippen MR) is 55.8 cm³/mol. The van der Waals surface area contributed by atoms with Gasteiger partial charge in [-0.3, -0.25) is 9.69 Å². The summed E-state index contributed by atoms with van der Waals surface area (Å²) in [5.74, 6) is 0.0866. The molecule has 0 bridgehead atoms. The third-order valence-corrected chi connectivity index (χ3v) is 3.48. The molecule has 86 valence electrons. The number of carboxylic acid groups (broad SMARTS) is 1. The van der Waals surface area contributed by atoms with Crippen molar-refractivity contribution in [2.75, 3.05) is 26.3 Å². The van der Waals surface area contributed by atoms with Crippen LogP contribution in [0.4, 0.5) is 0 Å². The quantitative estimate of drug-likeness (QED) is 0.755. The van der Waals surface area contributed by atoms with E-state index in [0.717, 1.165) is 25.6 Å². The summed E-state index contributed by atoms with van der Waals surface area (Å²) >= 11 is 0. The highest BCUT2D eigenvalue weighted by atomic mass is 16.5. The van der Waals surface area contributed by atoms with Crippen LogP contribution in [0.15, 0.2) is 0 Å². The van der Waals surface area contributed by atoms with E-state index >= 15 is 0 Å². The molecule has 0 aromatic rings. The van der Waals surface area contributed by atoms with Crippen LogP contribution >= 0.6 is 0 Å². The van der Waals surface area contributed by atoms with Crippen molar-refractivity contribution < 1.29 is 14.6 Å². The Morgan fingerprint density at radius 3 is 2.87 bits per heavy atom. The summed E-state index contributed by atoms with van der Waals surface area (Å²) in [7, 11) is 0. The third kappa shape index (κ3) is 2.92. The topological polar surface area (TPSA) is 49.8 Å². The molecular formula is C11H19NO3. The fourth-order valence-electron chi connectivity index (χ4n) is 2.33. The maximum absolute atomic E-state index is 10.7. The second kappa shape index (κ2) is 4.94. The molecule has 15 heavy (non-hydrogen) atoms. The van der Waals surface area contributed by atoms with Crippen LogP contribution < -0.4 is 0 Å². The van der Waals surface area contributed by atoms with Crippen LogP contribution in [0, 0.1) is 5.92 Å². The van der Waals surface area contributed by atoms with Crippen LogP contribution in [-0.2, 0) is 9.53 Å². The molecule has 1 saturated carbocycles. The summed E-state index contributed by atoms with van der Waals surface area (Å²) in [6.07, 6.45) is 4.19. The molecule has 1 unspecified atom stereocenters. The largest absolute Gasteiger partial charge is 0.481 e. The normalized spacial score (nSPS) is 28.7. The number of nitrogens with zero attached hydrogens (tertiary/aromatic N) is 1. The van der Waals surface area contributed by atoms with E-state index in [9.17, 15) is 4.79 Å². The Kier molecular flexibility index (Phi) is 3.59. The van der Waals surface area contributed by atoms with E-state index in [-0.39, 0.29) is 12.5 Å². The highest BCUT2D eigenvalue weighted by Gasteiger charge is 2.29. The average Bonchev–Trinajstić information content (AvgIpc) is 2.13. The van der Waals surface area contributed by atoms with Crippen LogP contribution in [0.5, 0.6) is 0 Å². The van der Waals surface area contributed by atoms with Crippen molar-refractivity contribution >= 4 is 5.97 Å². The lowest BCUT2D eigenvalue weighted by Crippen LogP contribution is -2.49. The number of morpholine rings is 1. The van der Waals surface area contributed by atoms with Crippen molar-refractivity contribution in [1.29, 1.82) is 0 Å². The third-order valence-electron chi connectivity index (χ3n) is 3.48. The van der Waals surface area contributed by atoms with Crippen molar-refractivity contribution in [3.8, 4) is 0 Å². The molecule has 4 nitrogen and oxygen atoms in total. The first kappa shape index (κ1) is 10.9. The van der Waals surface area contributed by atoms with Gasteiger partial charge in [0.05, 0.1) is 19.6 Å². The molecule has 0 radical (unpaired) electrons. The van der Waals surface area contributed by atoms with Gasteiger partial charge in [-0.15, -0.1) is 0 Å². The minimum atomic E-state index is -0.718. The van der Waals surface area contributed by atoms with E-state index in [1.54, 1.807) is 0 Å². The van der Waals surface area contributed by atoms with E-state index in [0.29, 0.717) is 6.61 Å². The van der Waals surface area contributed by atoms with Crippen molar-refractivity contribution in [1.82, 2.24) is 4.90 Å². The summed E-state index contributed by atoms with van der Waals surface area (Å²) in [6, 6.07) is 0.0943. The maximum Gasteiger partial charge on any atom is 0.305 e. The SMILES string of the molecule is O=C(O)CC1COCCN1CC1CCC1. The van der Waals surface area contributed by atoms with Gasteiger partial charge in [0, 0.05) is 19.1 Å². The zero-order valence-electron chi connectivity index (χ0n) is 9.02. The molecule has 1 aliphatic heterocycles. The highest BCUT2D eigenvalue weighted by Crippen LogP contribution is 2.28. The molecule has 1 N–H and O–H groups in total. The molecule has 4 heteroatoms. The van der Waals surface area contributed by atoms with Gasteiger partial charge in [0.15, 0.2) is 0 Å². The Morgan fingerprint density at radius 1 is 1.47 bits per heavy atom. The van der Waals surface area contributed by atoms with E-state index in [2.05, 4.69) is 4.90 Å². The second-order valence-electron chi connectivity index (χ2n) is 4.62. The number of carboxylic acids is 1. The van der Waals surface area contributed by atoms with Gasteiger partial charge in [0.25, 0.3) is 0 Å². The van der Waals surface area contributed by atoms with Crippen LogP contribution in [0.3, 0.4) is 0 Å². The smallest absolute Gasteiger partial charge is 0.305 e. The molecule has 2 aliphatic rings. The predicted octanol–water partition coefficient (Wildman–Crippen LogP) is 0.962. The number of hydrogen-bond acceptors (Lipinski definition) is 3. The lowest BCUT2D eigenvalue weighted by atomic mass is 9.84. The van der Waals surface area contributed by atoms with Gasteiger partial charge >= 0.3 is 5.97 Å². The van der Waals surface area contributed by atoms with Gasteiger partial charge in [-0.05, 0) is 18.8 Å². The van der Waals surface area contributed by atoms with Gasteiger partial charge in [0.2, 0.25) is 0 Å². The fraction of sp³-hybridized carbons (Fsp3) is 0.909. The molecule has 1 atom stereocenters. The lowest BCUT2D eigenvalue weighted by Gasteiger charge is -2.39. The second-order valence-corrected chi connectivity index (χ2v) is 4.62. The molecule has 0 spiro atoms. The maximum atomic E-state index is 10.7. The van der Waals surface area contributed by atoms with Crippen LogP contribution in [-0.4, -0.2) is 48.3 Å². The molecule has 1 aliphatic carbocycles. The number of hydrogen-bond donors (Lipinski definition) is 1. The first-order valence-corrected chi connectivity index (χ1v) is 5.79. The minimum Gasteiger partial charge on any atom is -0.481 e. The highest BCUT2D eigenvalue weighted by molar-refractivity contribution is 5.67. The zero-order valence-corrected chi connectivity index (χ0v) is 9.02. The van der Waals surface area contributed by atoms with Crippen LogP contribution in [0.25, 0.3) is 0 Å². The summed E-state index contributed by atoms with van der Waals surface area (Å²) in [6.45, 7) is 3.30. The van der Waals surface area contributed by atoms with Crippen molar-refractivity contribution in [3.63, 3.8) is 0 Å². The van der Waals surface area contributed by atoms with E-state index in [1.165, 1.54) is 19.3 Å². The molecule has 1 heterocycles. The standard InChI is InChI=1S/C11H19NO3/c13-11(14)6-10-8-15-5-4-12(10)7-9-2-1-3-9/h9-10H,1-8H2,(H,13,14). The van der Waals surface area contributed by atoms with E-state index in [4.69, 9.17) is 9.84 Å². The zero-order chi connectivity index (χ0) is 10.7. The Bertz CT molecular complexity index is 228. The van der Waals surface area contributed by atoms with Crippen LogP contribution in [0.1, 0.15) is 25.7 Å². The number of aliphatic carboxylic acids is 1. The Hall–Kier alpha value is -0.610. The van der Waals surface area contributed by atoms with E-state index in [1.807, 2.05) is 0 Å².